The summed E-state index contributed by atoms with van der Waals surface area (Å²) in [7, 11) is 1.35. The summed E-state index contributed by atoms with van der Waals surface area (Å²) in [6.07, 6.45) is 0. The number of Topliss-reactive ketones (excluding diaryl/α,β-unsaturated/α-hetero) is 2. The summed E-state index contributed by atoms with van der Waals surface area (Å²) in [5, 5.41) is 0. The van der Waals surface area contributed by atoms with Crippen LogP contribution in [0.15, 0.2) is 35.6 Å². The average molecular weight is 329 g/mol. The number of carbonyl (C=O) groups excluding carboxylic acids is 3. The molecule has 0 spiro atoms. The highest BCUT2D eigenvalue weighted by molar-refractivity contribution is 6.27. The Hall–Kier alpha value is -2.43. The summed E-state index contributed by atoms with van der Waals surface area (Å²) < 4.78 is 5.27. The standard InChI is InChI=1S/C19H23NO4/c1-6-20(7-2)18(23)19(3,4)14-15(21)12-10-8-9-11-13(12)16(22)17(14)24-5/h8-11H,6-7H2,1-5H3. The van der Waals surface area contributed by atoms with Gasteiger partial charge >= 0.3 is 0 Å². The fraction of sp³-hybridized carbons (Fsp3) is 0.421. The van der Waals surface area contributed by atoms with Crippen molar-refractivity contribution in [3.63, 3.8) is 0 Å². The van der Waals surface area contributed by atoms with Crippen LogP contribution in [-0.2, 0) is 9.53 Å². The summed E-state index contributed by atoms with van der Waals surface area (Å²) in [5.74, 6) is -0.919. The zero-order chi connectivity index (χ0) is 18.1. The molecule has 5 nitrogen and oxygen atoms in total. The maximum atomic E-state index is 13.0. The number of nitrogens with zero attached hydrogens (tertiary/aromatic N) is 1. The quantitative estimate of drug-likeness (QED) is 0.833. The van der Waals surface area contributed by atoms with Crippen molar-refractivity contribution >= 4 is 17.5 Å². The smallest absolute Gasteiger partial charge is 0.232 e. The fourth-order valence-corrected chi connectivity index (χ4v) is 3.13. The second kappa shape index (κ2) is 6.59. The highest BCUT2D eigenvalue weighted by atomic mass is 16.5. The maximum absolute atomic E-state index is 13.0. The van der Waals surface area contributed by atoms with E-state index in [1.165, 1.54) is 7.11 Å². The second-order valence-electron chi connectivity index (χ2n) is 6.21. The van der Waals surface area contributed by atoms with E-state index < -0.39 is 5.41 Å². The van der Waals surface area contributed by atoms with Gasteiger partial charge in [-0.1, -0.05) is 24.3 Å². The highest BCUT2D eigenvalue weighted by Gasteiger charge is 2.45. The van der Waals surface area contributed by atoms with E-state index in [1.54, 1.807) is 43.0 Å². The summed E-state index contributed by atoms with van der Waals surface area (Å²) >= 11 is 0. The van der Waals surface area contributed by atoms with Crippen LogP contribution in [-0.4, -0.2) is 42.6 Å². The molecule has 2 rings (SSSR count). The lowest BCUT2D eigenvalue weighted by atomic mass is 9.73. The first kappa shape index (κ1) is 17.9. The van der Waals surface area contributed by atoms with Crippen LogP contribution in [0.5, 0.6) is 0 Å². The van der Waals surface area contributed by atoms with Gasteiger partial charge in [-0.05, 0) is 27.7 Å². The number of rotatable bonds is 5. The Balaban J connectivity index is 2.64. The van der Waals surface area contributed by atoms with Gasteiger partial charge in [0.1, 0.15) is 0 Å². The molecule has 0 radical (unpaired) electrons. The molecule has 0 N–H and O–H groups in total. The van der Waals surface area contributed by atoms with Crippen molar-refractivity contribution in [3.05, 3.63) is 46.7 Å². The summed E-state index contributed by atoms with van der Waals surface area (Å²) in [5.41, 5.74) is -0.393. The molecular formula is C19H23NO4. The van der Waals surface area contributed by atoms with Gasteiger partial charge in [0.2, 0.25) is 11.7 Å². The minimum Gasteiger partial charge on any atom is -0.492 e. The summed E-state index contributed by atoms with van der Waals surface area (Å²) in [6, 6.07) is 6.62. The van der Waals surface area contributed by atoms with Crippen molar-refractivity contribution in [1.29, 1.82) is 0 Å². The molecular weight excluding hydrogens is 306 g/mol. The van der Waals surface area contributed by atoms with Crippen LogP contribution in [0.2, 0.25) is 0 Å². The third-order valence-electron chi connectivity index (χ3n) is 4.49. The number of ketones is 2. The number of hydrogen-bond donors (Lipinski definition) is 0. The Kier molecular flexibility index (Phi) is 4.92. The van der Waals surface area contributed by atoms with Crippen LogP contribution in [0, 0.1) is 5.41 Å². The third kappa shape index (κ3) is 2.64. The molecule has 24 heavy (non-hydrogen) atoms. The van der Waals surface area contributed by atoms with Crippen LogP contribution >= 0.6 is 0 Å². The van der Waals surface area contributed by atoms with Gasteiger partial charge in [-0.2, -0.15) is 0 Å². The molecule has 1 aliphatic carbocycles. The van der Waals surface area contributed by atoms with Crippen LogP contribution in [0.1, 0.15) is 48.4 Å². The number of benzene rings is 1. The first-order valence-corrected chi connectivity index (χ1v) is 8.07. The highest BCUT2D eigenvalue weighted by Crippen LogP contribution is 2.38. The van der Waals surface area contributed by atoms with E-state index in [1.807, 2.05) is 13.8 Å². The Morgan fingerprint density at radius 3 is 2.00 bits per heavy atom. The zero-order valence-corrected chi connectivity index (χ0v) is 14.8. The summed E-state index contributed by atoms with van der Waals surface area (Å²) in [4.78, 5) is 40.3. The normalized spacial score (nSPS) is 14.5. The van der Waals surface area contributed by atoms with Gasteiger partial charge < -0.3 is 9.64 Å². The number of hydrogen-bond acceptors (Lipinski definition) is 4. The number of ether oxygens (including phenoxy) is 1. The topological polar surface area (TPSA) is 63.7 Å². The van der Waals surface area contributed by atoms with Crippen molar-refractivity contribution in [2.45, 2.75) is 27.7 Å². The molecule has 1 aromatic rings. The molecule has 0 atom stereocenters. The van der Waals surface area contributed by atoms with Gasteiger partial charge in [-0.15, -0.1) is 0 Å². The number of fused-ring (bicyclic) bond motifs is 1. The lowest BCUT2D eigenvalue weighted by Gasteiger charge is -2.34. The van der Waals surface area contributed by atoms with E-state index in [-0.39, 0.29) is 28.8 Å². The van der Waals surface area contributed by atoms with Crippen molar-refractivity contribution in [2.75, 3.05) is 20.2 Å². The number of allylic oxidation sites excluding steroid dienone is 1. The van der Waals surface area contributed by atoms with Gasteiger partial charge in [0.05, 0.1) is 18.1 Å². The molecule has 0 heterocycles. The molecule has 0 saturated carbocycles. The fourth-order valence-electron chi connectivity index (χ4n) is 3.13. The van der Waals surface area contributed by atoms with Crippen molar-refractivity contribution in [2.24, 2.45) is 5.41 Å². The predicted molar refractivity (Wildman–Crippen MR) is 90.8 cm³/mol. The molecule has 0 aliphatic heterocycles. The van der Waals surface area contributed by atoms with E-state index in [0.717, 1.165) is 0 Å². The van der Waals surface area contributed by atoms with E-state index in [4.69, 9.17) is 4.74 Å². The molecule has 5 heteroatoms. The molecule has 0 bridgehead atoms. The number of carbonyl (C=O) groups is 3. The van der Waals surface area contributed by atoms with E-state index in [0.29, 0.717) is 24.2 Å². The Labute approximate surface area is 142 Å². The van der Waals surface area contributed by atoms with Gasteiger partial charge in [0.25, 0.3) is 0 Å². The molecule has 0 unspecified atom stereocenters. The van der Waals surface area contributed by atoms with Gasteiger partial charge in [-0.3, -0.25) is 14.4 Å². The second-order valence-corrected chi connectivity index (χ2v) is 6.21. The van der Waals surface area contributed by atoms with Crippen LogP contribution < -0.4 is 0 Å². The molecule has 1 aromatic carbocycles. The van der Waals surface area contributed by atoms with E-state index >= 15 is 0 Å². The molecule has 1 amide bonds. The number of methoxy groups -OCH3 is 1. The zero-order valence-electron chi connectivity index (χ0n) is 14.8. The van der Waals surface area contributed by atoms with Gasteiger partial charge in [0, 0.05) is 24.2 Å². The van der Waals surface area contributed by atoms with E-state index in [9.17, 15) is 14.4 Å². The first-order valence-electron chi connectivity index (χ1n) is 8.07. The SMILES string of the molecule is CCN(CC)C(=O)C(C)(C)C1=C(OC)C(=O)c2ccccc2C1=O. The third-order valence-corrected chi connectivity index (χ3v) is 4.49. The molecule has 0 saturated heterocycles. The van der Waals surface area contributed by atoms with Gasteiger partial charge in [-0.25, -0.2) is 0 Å². The van der Waals surface area contributed by atoms with Crippen LogP contribution in [0.4, 0.5) is 0 Å². The number of amides is 1. The van der Waals surface area contributed by atoms with Crippen molar-refractivity contribution in [1.82, 2.24) is 4.90 Å². The lowest BCUT2D eigenvalue weighted by molar-refractivity contribution is -0.138. The molecule has 128 valence electrons. The van der Waals surface area contributed by atoms with Gasteiger partial charge in [0.15, 0.2) is 11.5 Å². The Morgan fingerprint density at radius 1 is 1.04 bits per heavy atom. The largest absolute Gasteiger partial charge is 0.492 e. The molecule has 1 aliphatic rings. The lowest BCUT2D eigenvalue weighted by Crippen LogP contribution is -2.45. The molecule has 0 aromatic heterocycles. The minimum absolute atomic E-state index is 0.0378. The first-order chi connectivity index (χ1) is 11.3. The van der Waals surface area contributed by atoms with Crippen molar-refractivity contribution < 1.29 is 19.1 Å². The average Bonchev–Trinajstić information content (AvgIpc) is 2.58. The Bertz CT molecular complexity index is 727. The van der Waals surface area contributed by atoms with E-state index in [2.05, 4.69) is 0 Å². The predicted octanol–water partition coefficient (Wildman–Crippen LogP) is 2.86. The monoisotopic (exact) mass is 329 g/mol. The minimum atomic E-state index is -1.16. The molecule has 0 fully saturated rings. The Morgan fingerprint density at radius 2 is 1.54 bits per heavy atom. The maximum Gasteiger partial charge on any atom is 0.232 e. The van der Waals surface area contributed by atoms with Crippen molar-refractivity contribution in [3.8, 4) is 0 Å². The van der Waals surface area contributed by atoms with Crippen LogP contribution in [0.25, 0.3) is 0 Å². The van der Waals surface area contributed by atoms with Crippen LogP contribution in [0.3, 0.4) is 0 Å². The summed E-state index contributed by atoms with van der Waals surface area (Å²) in [6.45, 7) is 8.17.